The molecular formula is C18H16O2S. The summed E-state index contributed by atoms with van der Waals surface area (Å²) in [6.45, 7) is 4.12. The highest BCUT2D eigenvalue weighted by atomic mass is 32.2. The van der Waals surface area contributed by atoms with Crippen molar-refractivity contribution in [2.45, 2.75) is 18.7 Å². The number of Topliss-reactive ketones (excluding diaryl/α,β-unsaturated/α-hetero) is 1. The maximum absolute atomic E-state index is 12.3. The van der Waals surface area contributed by atoms with E-state index in [9.17, 15) is 4.79 Å². The molecule has 0 radical (unpaired) electrons. The molecule has 0 N–H and O–H groups in total. The van der Waals surface area contributed by atoms with Crippen LogP contribution in [0.15, 0.2) is 57.8 Å². The van der Waals surface area contributed by atoms with E-state index in [1.54, 1.807) is 11.8 Å². The van der Waals surface area contributed by atoms with Gasteiger partial charge in [-0.05, 0) is 37.6 Å². The second-order valence-corrected chi connectivity index (χ2v) is 6.15. The first-order chi connectivity index (χ1) is 10.1. The molecule has 2 aromatic carbocycles. The summed E-state index contributed by atoms with van der Waals surface area (Å²) in [6, 6.07) is 15.8. The number of benzene rings is 2. The highest BCUT2D eigenvalue weighted by Crippen LogP contribution is 2.26. The molecule has 0 saturated heterocycles. The quantitative estimate of drug-likeness (QED) is 0.500. The van der Waals surface area contributed by atoms with Gasteiger partial charge >= 0.3 is 0 Å². The van der Waals surface area contributed by atoms with Crippen LogP contribution in [0.1, 0.15) is 21.7 Å². The Hall–Kier alpha value is -2.00. The summed E-state index contributed by atoms with van der Waals surface area (Å²) in [5.41, 5.74) is 3.17. The van der Waals surface area contributed by atoms with E-state index >= 15 is 0 Å². The zero-order chi connectivity index (χ0) is 14.8. The summed E-state index contributed by atoms with van der Waals surface area (Å²) in [5, 5.41) is 0.970. The molecule has 21 heavy (non-hydrogen) atoms. The predicted molar refractivity (Wildman–Crippen MR) is 87.2 cm³/mol. The van der Waals surface area contributed by atoms with Gasteiger partial charge < -0.3 is 4.42 Å². The van der Waals surface area contributed by atoms with Crippen molar-refractivity contribution in [2.75, 3.05) is 5.75 Å². The molecule has 0 spiro atoms. The van der Waals surface area contributed by atoms with Crippen LogP contribution in [0.4, 0.5) is 0 Å². The van der Waals surface area contributed by atoms with E-state index in [-0.39, 0.29) is 5.78 Å². The minimum absolute atomic E-state index is 0.0251. The van der Waals surface area contributed by atoms with Crippen LogP contribution in [0.2, 0.25) is 0 Å². The second-order valence-electron chi connectivity index (χ2n) is 5.13. The van der Waals surface area contributed by atoms with E-state index < -0.39 is 0 Å². The zero-order valence-corrected chi connectivity index (χ0v) is 12.9. The number of furan rings is 1. The molecule has 0 unspecified atom stereocenters. The van der Waals surface area contributed by atoms with Crippen LogP contribution in [0.3, 0.4) is 0 Å². The van der Waals surface area contributed by atoms with Crippen LogP contribution in [-0.4, -0.2) is 11.5 Å². The second kappa shape index (κ2) is 5.78. The molecule has 0 fully saturated rings. The summed E-state index contributed by atoms with van der Waals surface area (Å²) < 4.78 is 5.61. The number of hydrogen-bond donors (Lipinski definition) is 0. The van der Waals surface area contributed by atoms with Gasteiger partial charge in [0.2, 0.25) is 5.78 Å². The van der Waals surface area contributed by atoms with Crippen LogP contribution in [0.25, 0.3) is 11.0 Å². The maximum atomic E-state index is 12.3. The Morgan fingerprint density at radius 1 is 1.10 bits per heavy atom. The molecule has 0 bridgehead atoms. The van der Waals surface area contributed by atoms with E-state index in [2.05, 4.69) is 32.0 Å². The number of rotatable bonds is 4. The van der Waals surface area contributed by atoms with Crippen molar-refractivity contribution in [2.24, 2.45) is 0 Å². The molecule has 3 rings (SSSR count). The van der Waals surface area contributed by atoms with E-state index in [1.807, 2.05) is 30.3 Å². The molecular weight excluding hydrogens is 280 g/mol. The number of ketones is 1. The van der Waals surface area contributed by atoms with Crippen LogP contribution in [0.5, 0.6) is 0 Å². The fourth-order valence-corrected chi connectivity index (χ4v) is 3.19. The molecule has 3 aromatic rings. The normalized spacial score (nSPS) is 11.0. The Morgan fingerprint density at radius 3 is 2.71 bits per heavy atom. The predicted octanol–water partition coefficient (Wildman–Crippen LogP) is 5.02. The molecule has 2 nitrogen and oxygen atoms in total. The van der Waals surface area contributed by atoms with Crippen molar-refractivity contribution in [3.63, 3.8) is 0 Å². The van der Waals surface area contributed by atoms with Gasteiger partial charge in [0, 0.05) is 10.3 Å². The minimum atomic E-state index is 0.0251. The standard InChI is InChI=1S/C18H16O2S/c1-12-7-8-13(2)18(9-12)21-11-15(19)17-10-14-5-3-4-6-16(14)20-17/h3-10H,11H2,1-2H3. The smallest absolute Gasteiger partial charge is 0.208 e. The van der Waals surface area contributed by atoms with Gasteiger partial charge in [-0.25, -0.2) is 0 Å². The zero-order valence-electron chi connectivity index (χ0n) is 12.1. The molecule has 0 saturated carbocycles. The lowest BCUT2D eigenvalue weighted by atomic mass is 10.2. The molecule has 106 valence electrons. The average Bonchev–Trinajstić information content (AvgIpc) is 2.92. The van der Waals surface area contributed by atoms with Crippen LogP contribution in [-0.2, 0) is 0 Å². The lowest BCUT2D eigenvalue weighted by molar-refractivity contribution is 0.0994. The van der Waals surface area contributed by atoms with Crippen molar-refractivity contribution < 1.29 is 9.21 Å². The van der Waals surface area contributed by atoms with Crippen LogP contribution < -0.4 is 0 Å². The van der Waals surface area contributed by atoms with E-state index in [0.29, 0.717) is 11.5 Å². The summed E-state index contributed by atoms with van der Waals surface area (Å²) in [7, 11) is 0. The minimum Gasteiger partial charge on any atom is -0.453 e. The number of aryl methyl sites for hydroxylation is 2. The van der Waals surface area contributed by atoms with E-state index in [0.717, 1.165) is 15.9 Å². The summed E-state index contributed by atoms with van der Waals surface area (Å²) >= 11 is 1.56. The van der Waals surface area contributed by atoms with E-state index in [1.165, 1.54) is 11.1 Å². The van der Waals surface area contributed by atoms with Gasteiger partial charge in [0.25, 0.3) is 0 Å². The monoisotopic (exact) mass is 296 g/mol. The van der Waals surface area contributed by atoms with Gasteiger partial charge in [-0.3, -0.25) is 4.79 Å². The Morgan fingerprint density at radius 2 is 1.90 bits per heavy atom. The Bertz CT molecular complexity index is 769. The maximum Gasteiger partial charge on any atom is 0.208 e. The molecule has 0 aliphatic rings. The number of para-hydroxylation sites is 1. The molecule has 3 heteroatoms. The van der Waals surface area contributed by atoms with Gasteiger partial charge in [0.15, 0.2) is 5.76 Å². The van der Waals surface area contributed by atoms with Crippen LogP contribution >= 0.6 is 11.8 Å². The topological polar surface area (TPSA) is 30.2 Å². The average molecular weight is 296 g/mol. The fourth-order valence-electron chi connectivity index (χ4n) is 2.20. The first-order valence-corrected chi connectivity index (χ1v) is 7.84. The lowest BCUT2D eigenvalue weighted by Crippen LogP contribution is -2.00. The summed E-state index contributed by atoms with van der Waals surface area (Å²) in [4.78, 5) is 13.4. The Kier molecular flexibility index (Phi) is 3.84. The van der Waals surface area contributed by atoms with Gasteiger partial charge in [-0.15, -0.1) is 11.8 Å². The fraction of sp³-hybridized carbons (Fsp3) is 0.167. The van der Waals surface area contributed by atoms with Crippen molar-refractivity contribution in [1.82, 2.24) is 0 Å². The molecule has 1 heterocycles. The Labute approximate surface area is 128 Å². The van der Waals surface area contributed by atoms with Crippen molar-refractivity contribution in [3.05, 3.63) is 65.4 Å². The number of thioether (sulfide) groups is 1. The number of carbonyl (C=O) groups is 1. The van der Waals surface area contributed by atoms with E-state index in [4.69, 9.17) is 4.42 Å². The van der Waals surface area contributed by atoms with Gasteiger partial charge in [-0.1, -0.05) is 35.9 Å². The third-order valence-electron chi connectivity index (χ3n) is 3.40. The third kappa shape index (κ3) is 3.03. The summed E-state index contributed by atoms with van der Waals surface area (Å²) in [6.07, 6.45) is 0. The van der Waals surface area contributed by atoms with Gasteiger partial charge in [0.05, 0.1) is 5.75 Å². The van der Waals surface area contributed by atoms with Gasteiger partial charge in [-0.2, -0.15) is 0 Å². The summed E-state index contributed by atoms with van der Waals surface area (Å²) in [5.74, 6) is 0.857. The SMILES string of the molecule is Cc1ccc(C)c(SCC(=O)c2cc3ccccc3o2)c1. The molecule has 1 aromatic heterocycles. The first-order valence-electron chi connectivity index (χ1n) is 6.85. The lowest BCUT2D eigenvalue weighted by Gasteiger charge is -2.05. The largest absolute Gasteiger partial charge is 0.453 e. The van der Waals surface area contributed by atoms with Crippen molar-refractivity contribution >= 4 is 28.5 Å². The Balaban J connectivity index is 1.75. The molecule has 0 amide bonds. The number of carbonyl (C=O) groups excluding carboxylic acids is 1. The van der Waals surface area contributed by atoms with Crippen LogP contribution in [0, 0.1) is 13.8 Å². The third-order valence-corrected chi connectivity index (χ3v) is 4.56. The first kappa shape index (κ1) is 14.0. The highest BCUT2D eigenvalue weighted by molar-refractivity contribution is 8.00. The highest BCUT2D eigenvalue weighted by Gasteiger charge is 2.13. The molecule has 0 atom stereocenters. The molecule has 0 aliphatic heterocycles. The van der Waals surface area contributed by atoms with Crippen molar-refractivity contribution in [1.29, 1.82) is 0 Å². The molecule has 0 aliphatic carbocycles. The number of fused-ring (bicyclic) bond motifs is 1. The van der Waals surface area contributed by atoms with Gasteiger partial charge in [0.1, 0.15) is 5.58 Å². The van der Waals surface area contributed by atoms with Crippen molar-refractivity contribution in [3.8, 4) is 0 Å². The number of hydrogen-bond acceptors (Lipinski definition) is 3.